The first-order valence-electron chi connectivity index (χ1n) is 7.10. The van der Waals surface area contributed by atoms with Gasteiger partial charge in [-0.2, -0.15) is 10.5 Å². The van der Waals surface area contributed by atoms with E-state index in [0.717, 1.165) is 5.69 Å². The fourth-order valence-corrected chi connectivity index (χ4v) is 2.05. The maximum atomic E-state index is 12.4. The van der Waals surface area contributed by atoms with Crippen LogP contribution in [-0.4, -0.2) is 19.1 Å². The number of amides is 1. The molecule has 5 nitrogen and oxygen atoms in total. The summed E-state index contributed by atoms with van der Waals surface area (Å²) in [4.78, 5) is 13.9. The number of rotatable bonds is 6. The third-order valence-corrected chi connectivity index (χ3v) is 3.14. The summed E-state index contributed by atoms with van der Waals surface area (Å²) in [6.45, 7) is 0.149. The van der Waals surface area contributed by atoms with Gasteiger partial charge >= 0.3 is 0 Å². The standard InChI is InChI=1S/C18H15N3O2/c19-10-5-11-21(16-7-2-1-3-8-16)18(22)14-23-17-9-4-6-15(12-17)13-20/h1-4,6-9,12H,5,11,14H2. The number of ether oxygens (including phenoxy) is 1. The lowest BCUT2D eigenvalue weighted by Gasteiger charge is -2.21. The van der Waals surface area contributed by atoms with Gasteiger partial charge in [0, 0.05) is 12.2 Å². The van der Waals surface area contributed by atoms with Crippen molar-refractivity contribution in [3.05, 3.63) is 60.2 Å². The van der Waals surface area contributed by atoms with Crippen molar-refractivity contribution in [3.63, 3.8) is 0 Å². The Morgan fingerprint density at radius 1 is 1.09 bits per heavy atom. The lowest BCUT2D eigenvalue weighted by Crippen LogP contribution is -2.35. The van der Waals surface area contributed by atoms with Gasteiger partial charge in [-0.15, -0.1) is 0 Å². The zero-order valence-electron chi connectivity index (χ0n) is 12.5. The van der Waals surface area contributed by atoms with Gasteiger partial charge in [-0.3, -0.25) is 4.79 Å². The zero-order valence-corrected chi connectivity index (χ0v) is 12.5. The molecule has 0 heterocycles. The Bertz CT molecular complexity index is 745. The number of nitrogens with zero attached hydrogens (tertiary/aromatic N) is 3. The summed E-state index contributed by atoms with van der Waals surface area (Å²) < 4.78 is 5.47. The Hall–Kier alpha value is -3.31. The molecule has 0 aliphatic heterocycles. The number of hydrogen-bond donors (Lipinski definition) is 0. The molecule has 0 saturated carbocycles. The maximum Gasteiger partial charge on any atom is 0.264 e. The van der Waals surface area contributed by atoms with Crippen LogP contribution in [0.25, 0.3) is 0 Å². The molecule has 0 fully saturated rings. The molecule has 0 aliphatic rings. The summed E-state index contributed by atoms with van der Waals surface area (Å²) in [5.74, 6) is 0.222. The highest BCUT2D eigenvalue weighted by atomic mass is 16.5. The van der Waals surface area contributed by atoms with Crippen LogP contribution < -0.4 is 9.64 Å². The molecular weight excluding hydrogens is 290 g/mol. The van der Waals surface area contributed by atoms with Crippen molar-refractivity contribution < 1.29 is 9.53 Å². The lowest BCUT2D eigenvalue weighted by atomic mass is 10.2. The van der Waals surface area contributed by atoms with Gasteiger partial charge in [0.25, 0.3) is 5.91 Å². The largest absolute Gasteiger partial charge is 0.484 e. The smallest absolute Gasteiger partial charge is 0.264 e. The zero-order chi connectivity index (χ0) is 16.5. The highest BCUT2D eigenvalue weighted by molar-refractivity contribution is 5.94. The van der Waals surface area contributed by atoms with Crippen molar-refractivity contribution in [1.82, 2.24) is 0 Å². The van der Waals surface area contributed by atoms with Crippen LogP contribution in [0.15, 0.2) is 54.6 Å². The predicted octanol–water partition coefficient (Wildman–Crippen LogP) is 2.88. The summed E-state index contributed by atoms with van der Waals surface area (Å²) in [6.07, 6.45) is 0.241. The second kappa shape index (κ2) is 8.21. The summed E-state index contributed by atoms with van der Waals surface area (Å²) >= 11 is 0. The molecule has 114 valence electrons. The molecule has 0 N–H and O–H groups in total. The SMILES string of the molecule is N#CCCN(C(=O)COc1cccc(C#N)c1)c1ccccc1. The lowest BCUT2D eigenvalue weighted by molar-refractivity contribution is -0.120. The average molecular weight is 305 g/mol. The van der Waals surface area contributed by atoms with Crippen LogP contribution in [0.5, 0.6) is 5.75 Å². The summed E-state index contributed by atoms with van der Waals surface area (Å²) in [7, 11) is 0. The van der Waals surface area contributed by atoms with Gasteiger partial charge in [-0.05, 0) is 30.3 Å². The molecule has 2 rings (SSSR count). The van der Waals surface area contributed by atoms with E-state index in [1.54, 1.807) is 24.3 Å². The third kappa shape index (κ3) is 4.59. The first-order valence-corrected chi connectivity index (χ1v) is 7.10. The van der Waals surface area contributed by atoms with E-state index in [1.807, 2.05) is 42.5 Å². The number of benzene rings is 2. The molecule has 0 bridgehead atoms. The van der Waals surface area contributed by atoms with Gasteiger partial charge in [-0.1, -0.05) is 24.3 Å². The quantitative estimate of drug-likeness (QED) is 0.822. The number of anilines is 1. The second-order valence-corrected chi connectivity index (χ2v) is 4.72. The van der Waals surface area contributed by atoms with Crippen molar-refractivity contribution in [2.45, 2.75) is 6.42 Å². The van der Waals surface area contributed by atoms with Gasteiger partial charge in [0.2, 0.25) is 0 Å². The topological polar surface area (TPSA) is 77.1 Å². The van der Waals surface area contributed by atoms with Crippen LogP contribution in [-0.2, 0) is 4.79 Å². The molecule has 0 aromatic heterocycles. The van der Waals surface area contributed by atoms with Gasteiger partial charge in [0.05, 0.1) is 24.1 Å². The van der Waals surface area contributed by atoms with Crippen LogP contribution in [0, 0.1) is 22.7 Å². The normalized spacial score (nSPS) is 9.48. The second-order valence-electron chi connectivity index (χ2n) is 4.72. The number of nitriles is 2. The van der Waals surface area contributed by atoms with Crippen LogP contribution >= 0.6 is 0 Å². The maximum absolute atomic E-state index is 12.4. The molecule has 0 spiro atoms. The van der Waals surface area contributed by atoms with Crippen molar-refractivity contribution in [2.24, 2.45) is 0 Å². The summed E-state index contributed by atoms with van der Waals surface area (Å²) in [5, 5.41) is 17.6. The van der Waals surface area contributed by atoms with E-state index in [4.69, 9.17) is 15.3 Å². The Balaban J connectivity index is 2.06. The van der Waals surface area contributed by atoms with Crippen LogP contribution in [0.2, 0.25) is 0 Å². The van der Waals surface area contributed by atoms with E-state index in [1.165, 1.54) is 4.90 Å². The van der Waals surface area contributed by atoms with Crippen LogP contribution in [0.4, 0.5) is 5.69 Å². The molecule has 0 unspecified atom stereocenters. The molecule has 5 heteroatoms. The van der Waals surface area contributed by atoms with Crippen LogP contribution in [0.1, 0.15) is 12.0 Å². The minimum absolute atomic E-state index is 0.158. The van der Waals surface area contributed by atoms with E-state index >= 15 is 0 Å². The molecule has 0 radical (unpaired) electrons. The highest BCUT2D eigenvalue weighted by Gasteiger charge is 2.16. The molecular formula is C18H15N3O2. The Morgan fingerprint density at radius 2 is 1.87 bits per heavy atom. The first-order chi connectivity index (χ1) is 11.2. The molecule has 2 aromatic rings. The molecule has 0 aliphatic carbocycles. The minimum Gasteiger partial charge on any atom is -0.484 e. The van der Waals surface area contributed by atoms with E-state index in [0.29, 0.717) is 17.9 Å². The van der Waals surface area contributed by atoms with Crippen molar-refractivity contribution in [3.8, 4) is 17.9 Å². The number of carbonyl (C=O) groups is 1. The molecule has 0 saturated heterocycles. The number of para-hydroxylation sites is 1. The predicted molar refractivity (Wildman–Crippen MR) is 85.7 cm³/mol. The van der Waals surface area contributed by atoms with Crippen molar-refractivity contribution in [2.75, 3.05) is 18.1 Å². The summed E-state index contributed by atoms with van der Waals surface area (Å²) in [5.41, 5.74) is 1.20. The Kier molecular flexibility index (Phi) is 5.74. The monoisotopic (exact) mass is 305 g/mol. The molecule has 0 atom stereocenters. The van der Waals surface area contributed by atoms with Crippen molar-refractivity contribution in [1.29, 1.82) is 10.5 Å². The fraction of sp³-hybridized carbons (Fsp3) is 0.167. The van der Waals surface area contributed by atoms with E-state index in [-0.39, 0.29) is 18.9 Å². The molecule has 2 aromatic carbocycles. The molecule has 1 amide bonds. The van der Waals surface area contributed by atoms with Gasteiger partial charge in [0.1, 0.15) is 5.75 Å². The highest BCUT2D eigenvalue weighted by Crippen LogP contribution is 2.16. The van der Waals surface area contributed by atoms with E-state index < -0.39 is 0 Å². The minimum atomic E-state index is -0.242. The van der Waals surface area contributed by atoms with Gasteiger partial charge in [-0.25, -0.2) is 0 Å². The number of hydrogen-bond acceptors (Lipinski definition) is 4. The molecule has 23 heavy (non-hydrogen) atoms. The first kappa shape index (κ1) is 16.1. The number of carbonyl (C=O) groups excluding carboxylic acids is 1. The third-order valence-electron chi connectivity index (χ3n) is 3.14. The Morgan fingerprint density at radius 3 is 2.57 bits per heavy atom. The average Bonchev–Trinajstić information content (AvgIpc) is 2.61. The van der Waals surface area contributed by atoms with E-state index in [9.17, 15) is 4.79 Å². The van der Waals surface area contributed by atoms with Crippen LogP contribution in [0.3, 0.4) is 0 Å². The van der Waals surface area contributed by atoms with Gasteiger partial charge < -0.3 is 9.64 Å². The van der Waals surface area contributed by atoms with Gasteiger partial charge in [0.15, 0.2) is 6.61 Å². The van der Waals surface area contributed by atoms with Crippen molar-refractivity contribution >= 4 is 11.6 Å². The fourth-order valence-electron chi connectivity index (χ4n) is 2.05. The van der Waals surface area contributed by atoms with E-state index in [2.05, 4.69) is 0 Å². The summed E-state index contributed by atoms with van der Waals surface area (Å²) in [6, 6.07) is 19.8. The Labute approximate surface area is 134 Å².